The lowest BCUT2D eigenvalue weighted by Crippen LogP contribution is -2.20. The number of hydrogen-bond donors (Lipinski definition) is 1. The van der Waals surface area contributed by atoms with E-state index in [-0.39, 0.29) is 12.5 Å². The smallest absolute Gasteiger partial charge is 0.264 e. The molecule has 0 fully saturated rings. The number of ether oxygens (including phenoxy) is 1. The minimum absolute atomic E-state index is 0.181. The molecule has 0 saturated heterocycles. The molecule has 0 unspecified atom stereocenters. The van der Waals surface area contributed by atoms with Crippen LogP contribution in [-0.4, -0.2) is 17.5 Å². The van der Waals surface area contributed by atoms with Crippen LogP contribution in [0.25, 0.3) is 11.3 Å². The molecule has 25 heavy (non-hydrogen) atoms. The summed E-state index contributed by atoms with van der Waals surface area (Å²) < 4.78 is 5.42. The number of thiazole rings is 1. The van der Waals surface area contributed by atoms with E-state index in [9.17, 15) is 4.79 Å². The van der Waals surface area contributed by atoms with Crippen LogP contribution < -0.4 is 10.1 Å². The minimum atomic E-state index is -0.315. The predicted molar refractivity (Wildman–Crippen MR) is 103 cm³/mol. The molecule has 0 radical (unpaired) electrons. The molecule has 1 amide bonds. The molecule has 0 atom stereocenters. The number of rotatable bonds is 5. The Morgan fingerprint density at radius 2 is 1.96 bits per heavy atom. The molecule has 1 aromatic heterocycles. The normalized spacial score (nSPS) is 10.5. The zero-order chi connectivity index (χ0) is 17.8. The summed E-state index contributed by atoms with van der Waals surface area (Å²) in [6.45, 7) is 1.79. The third kappa shape index (κ3) is 4.51. The number of benzene rings is 2. The van der Waals surface area contributed by atoms with Crippen molar-refractivity contribution in [3.05, 3.63) is 63.5 Å². The third-order valence-electron chi connectivity index (χ3n) is 3.34. The van der Waals surface area contributed by atoms with E-state index in [1.54, 1.807) is 18.2 Å². The van der Waals surface area contributed by atoms with E-state index >= 15 is 0 Å². The molecule has 0 aliphatic rings. The van der Waals surface area contributed by atoms with Gasteiger partial charge in [-0.05, 0) is 19.1 Å². The van der Waals surface area contributed by atoms with E-state index in [2.05, 4.69) is 10.3 Å². The van der Waals surface area contributed by atoms with E-state index in [1.165, 1.54) is 11.3 Å². The van der Waals surface area contributed by atoms with E-state index in [4.69, 9.17) is 27.9 Å². The molecule has 128 valence electrons. The summed E-state index contributed by atoms with van der Waals surface area (Å²) >= 11 is 13.3. The molecule has 3 aromatic rings. The first-order chi connectivity index (χ1) is 12.0. The lowest BCUT2D eigenvalue weighted by Gasteiger charge is -2.07. The molecule has 7 heteroatoms. The van der Waals surface area contributed by atoms with Crippen LogP contribution in [0.1, 0.15) is 4.88 Å². The van der Waals surface area contributed by atoms with Crippen molar-refractivity contribution in [1.82, 2.24) is 4.98 Å². The van der Waals surface area contributed by atoms with Gasteiger partial charge >= 0.3 is 0 Å². The Bertz CT molecular complexity index is 897. The first-order valence-corrected chi connectivity index (χ1v) is 9.01. The topological polar surface area (TPSA) is 51.2 Å². The van der Waals surface area contributed by atoms with Gasteiger partial charge in [-0.25, -0.2) is 4.98 Å². The van der Waals surface area contributed by atoms with Crippen LogP contribution in [0.2, 0.25) is 10.0 Å². The summed E-state index contributed by atoms with van der Waals surface area (Å²) in [7, 11) is 0. The van der Waals surface area contributed by atoms with E-state index < -0.39 is 0 Å². The first-order valence-electron chi connectivity index (χ1n) is 7.43. The second kappa shape index (κ2) is 7.87. The molecule has 0 spiro atoms. The molecule has 0 aliphatic heterocycles. The van der Waals surface area contributed by atoms with Gasteiger partial charge in [0, 0.05) is 21.5 Å². The van der Waals surface area contributed by atoms with Crippen LogP contribution in [0, 0.1) is 6.92 Å². The number of anilines is 1. The number of amides is 1. The monoisotopic (exact) mass is 392 g/mol. The van der Waals surface area contributed by atoms with Crippen LogP contribution in [0.5, 0.6) is 5.75 Å². The fraction of sp³-hybridized carbons (Fsp3) is 0.111. The van der Waals surface area contributed by atoms with Gasteiger partial charge < -0.3 is 4.74 Å². The summed E-state index contributed by atoms with van der Waals surface area (Å²) in [5, 5.41) is 4.16. The van der Waals surface area contributed by atoms with Crippen LogP contribution in [0.4, 0.5) is 5.13 Å². The predicted octanol–water partition coefficient (Wildman–Crippen LogP) is 5.44. The molecule has 1 N–H and O–H groups in total. The highest BCUT2D eigenvalue weighted by atomic mass is 35.5. The highest BCUT2D eigenvalue weighted by Gasteiger charge is 2.13. The van der Waals surface area contributed by atoms with Crippen molar-refractivity contribution in [1.29, 1.82) is 0 Å². The average molecular weight is 393 g/mol. The second-order valence-electron chi connectivity index (χ2n) is 5.20. The van der Waals surface area contributed by atoms with Gasteiger partial charge in [-0.15, -0.1) is 11.3 Å². The largest absolute Gasteiger partial charge is 0.482 e. The van der Waals surface area contributed by atoms with Crippen LogP contribution in [-0.2, 0) is 4.79 Å². The Kier molecular flexibility index (Phi) is 5.58. The Labute approximate surface area is 159 Å². The maximum Gasteiger partial charge on any atom is 0.264 e. The van der Waals surface area contributed by atoms with Gasteiger partial charge in [-0.1, -0.05) is 53.5 Å². The molecule has 0 bridgehead atoms. The Balaban J connectivity index is 1.65. The zero-order valence-corrected chi connectivity index (χ0v) is 15.6. The van der Waals surface area contributed by atoms with Crippen molar-refractivity contribution in [3.8, 4) is 17.0 Å². The van der Waals surface area contributed by atoms with Crippen molar-refractivity contribution in [3.63, 3.8) is 0 Å². The molecule has 0 aliphatic carbocycles. The molecule has 4 nitrogen and oxygen atoms in total. The van der Waals surface area contributed by atoms with Crippen LogP contribution >= 0.6 is 34.5 Å². The summed E-state index contributed by atoms with van der Waals surface area (Å²) in [6, 6.07) is 14.7. The van der Waals surface area contributed by atoms with Crippen molar-refractivity contribution >= 4 is 45.6 Å². The number of aryl methyl sites for hydroxylation is 1. The van der Waals surface area contributed by atoms with Crippen molar-refractivity contribution in [2.24, 2.45) is 0 Å². The quantitative estimate of drug-likeness (QED) is 0.628. The second-order valence-corrected chi connectivity index (χ2v) is 7.25. The summed E-state index contributed by atoms with van der Waals surface area (Å²) in [5.41, 5.74) is 1.87. The number of carbonyl (C=O) groups excluding carboxylic acids is 1. The molecule has 3 rings (SSSR count). The van der Waals surface area contributed by atoms with Crippen molar-refractivity contribution in [2.75, 3.05) is 11.9 Å². The fourth-order valence-corrected chi connectivity index (χ4v) is 3.39. The number of hydrogen-bond acceptors (Lipinski definition) is 4. The first kappa shape index (κ1) is 17.7. The lowest BCUT2D eigenvalue weighted by atomic mass is 10.1. The van der Waals surface area contributed by atoms with Gasteiger partial charge in [-0.3, -0.25) is 10.1 Å². The zero-order valence-electron chi connectivity index (χ0n) is 13.3. The van der Waals surface area contributed by atoms with Gasteiger partial charge in [0.1, 0.15) is 5.75 Å². The standard InChI is InChI=1S/C18H14Cl2N2O2S/c1-11-17(12-5-3-2-4-6-12)22-18(25-11)21-16(23)10-24-15-9-13(19)7-8-14(15)20/h2-9H,10H2,1H3,(H,21,22,23). The molecule has 2 aromatic carbocycles. The summed E-state index contributed by atoms with van der Waals surface area (Å²) in [6.07, 6.45) is 0. The summed E-state index contributed by atoms with van der Waals surface area (Å²) in [4.78, 5) is 17.6. The Hall–Kier alpha value is -2.08. The molecular weight excluding hydrogens is 379 g/mol. The summed E-state index contributed by atoms with van der Waals surface area (Å²) in [5.74, 6) is 0.0500. The van der Waals surface area contributed by atoms with Gasteiger partial charge in [0.25, 0.3) is 5.91 Å². The SMILES string of the molecule is Cc1sc(NC(=O)COc2cc(Cl)ccc2Cl)nc1-c1ccccc1. The number of nitrogens with zero attached hydrogens (tertiary/aromatic N) is 1. The third-order valence-corrected chi connectivity index (χ3v) is 4.78. The average Bonchev–Trinajstić information content (AvgIpc) is 2.96. The molecular formula is C18H14Cl2N2O2S. The number of halogens is 2. The Morgan fingerprint density at radius 1 is 1.20 bits per heavy atom. The van der Waals surface area contributed by atoms with E-state index in [0.29, 0.717) is 20.9 Å². The van der Waals surface area contributed by atoms with Gasteiger partial charge in [0.05, 0.1) is 10.7 Å². The van der Waals surface area contributed by atoms with E-state index in [1.807, 2.05) is 37.3 Å². The highest BCUT2D eigenvalue weighted by molar-refractivity contribution is 7.16. The molecule has 1 heterocycles. The maximum atomic E-state index is 12.1. The van der Waals surface area contributed by atoms with Gasteiger partial charge in [-0.2, -0.15) is 0 Å². The van der Waals surface area contributed by atoms with Crippen molar-refractivity contribution in [2.45, 2.75) is 6.92 Å². The highest BCUT2D eigenvalue weighted by Crippen LogP contribution is 2.30. The Morgan fingerprint density at radius 3 is 2.72 bits per heavy atom. The fourth-order valence-electron chi connectivity index (χ4n) is 2.20. The number of nitrogens with one attached hydrogen (secondary N) is 1. The van der Waals surface area contributed by atoms with E-state index in [0.717, 1.165) is 16.1 Å². The van der Waals surface area contributed by atoms with Crippen molar-refractivity contribution < 1.29 is 9.53 Å². The van der Waals surface area contributed by atoms with Gasteiger partial charge in [0.15, 0.2) is 11.7 Å². The van der Waals surface area contributed by atoms with Crippen LogP contribution in [0.15, 0.2) is 48.5 Å². The molecule has 0 saturated carbocycles. The van der Waals surface area contributed by atoms with Crippen LogP contribution in [0.3, 0.4) is 0 Å². The number of aromatic nitrogens is 1. The minimum Gasteiger partial charge on any atom is -0.482 e. The number of carbonyl (C=O) groups is 1. The van der Waals surface area contributed by atoms with Gasteiger partial charge in [0.2, 0.25) is 0 Å². The maximum absolute atomic E-state index is 12.1. The lowest BCUT2D eigenvalue weighted by molar-refractivity contribution is -0.118.